The van der Waals surface area contributed by atoms with Crippen molar-refractivity contribution in [2.24, 2.45) is 0 Å². The second kappa shape index (κ2) is 7.50. The topological polar surface area (TPSA) is 83.7 Å². The van der Waals surface area contributed by atoms with Crippen molar-refractivity contribution in [3.63, 3.8) is 0 Å². The van der Waals surface area contributed by atoms with Crippen molar-refractivity contribution >= 4 is 27.3 Å². The van der Waals surface area contributed by atoms with Gasteiger partial charge in [-0.25, -0.2) is 8.42 Å². The van der Waals surface area contributed by atoms with E-state index in [-0.39, 0.29) is 23.5 Å². The quantitative estimate of drug-likeness (QED) is 0.752. The predicted octanol–water partition coefficient (Wildman–Crippen LogP) is 2.25. The molecule has 2 saturated heterocycles. The van der Waals surface area contributed by atoms with E-state index in [1.165, 1.54) is 0 Å². The summed E-state index contributed by atoms with van der Waals surface area (Å²) in [6.07, 6.45) is 0.678. The SMILES string of the molecule is Cc1onc(-c2ccccc2Cl)c1C(=O)N1CCN([C@H]2CCS(=O)(=O)C2)CC1. The number of benzene rings is 1. The molecule has 0 radical (unpaired) electrons. The lowest BCUT2D eigenvalue weighted by molar-refractivity contribution is 0.0587. The van der Waals surface area contributed by atoms with Gasteiger partial charge in [0.05, 0.1) is 16.5 Å². The lowest BCUT2D eigenvalue weighted by atomic mass is 10.0. The Morgan fingerprint density at radius 2 is 1.93 bits per heavy atom. The van der Waals surface area contributed by atoms with Crippen molar-refractivity contribution in [3.05, 3.63) is 40.6 Å². The maximum atomic E-state index is 13.2. The highest BCUT2D eigenvalue weighted by atomic mass is 35.5. The summed E-state index contributed by atoms with van der Waals surface area (Å²) in [6, 6.07) is 7.30. The lowest BCUT2D eigenvalue weighted by Crippen LogP contribution is -2.52. The van der Waals surface area contributed by atoms with E-state index in [1.54, 1.807) is 17.9 Å². The van der Waals surface area contributed by atoms with Crippen LogP contribution in [0.1, 0.15) is 22.5 Å². The van der Waals surface area contributed by atoms with Crippen LogP contribution in [0.15, 0.2) is 28.8 Å². The fraction of sp³-hybridized carbons (Fsp3) is 0.474. The molecule has 0 N–H and O–H groups in total. The molecule has 2 aliphatic rings. The minimum absolute atomic E-state index is 0.0678. The molecule has 3 heterocycles. The number of halogens is 1. The van der Waals surface area contributed by atoms with Crippen molar-refractivity contribution in [1.82, 2.24) is 15.0 Å². The Labute approximate surface area is 169 Å². The van der Waals surface area contributed by atoms with Crippen molar-refractivity contribution in [1.29, 1.82) is 0 Å². The highest BCUT2D eigenvalue weighted by Gasteiger charge is 2.35. The van der Waals surface area contributed by atoms with Gasteiger partial charge in [0.1, 0.15) is 17.0 Å². The molecule has 150 valence electrons. The summed E-state index contributed by atoms with van der Waals surface area (Å²) in [5, 5.41) is 4.58. The summed E-state index contributed by atoms with van der Waals surface area (Å²) in [5.74, 6) is 0.817. The van der Waals surface area contributed by atoms with Crippen LogP contribution < -0.4 is 0 Å². The summed E-state index contributed by atoms with van der Waals surface area (Å²) < 4.78 is 28.8. The highest BCUT2D eigenvalue weighted by Crippen LogP contribution is 2.32. The van der Waals surface area contributed by atoms with E-state index in [2.05, 4.69) is 10.1 Å². The summed E-state index contributed by atoms with van der Waals surface area (Å²) in [4.78, 5) is 17.1. The van der Waals surface area contributed by atoms with E-state index < -0.39 is 9.84 Å². The molecule has 2 aliphatic heterocycles. The van der Waals surface area contributed by atoms with Gasteiger partial charge in [0, 0.05) is 37.8 Å². The Balaban J connectivity index is 1.50. The molecular weight excluding hydrogens is 402 g/mol. The normalized spacial score (nSPS) is 22.5. The summed E-state index contributed by atoms with van der Waals surface area (Å²) in [7, 11) is -2.91. The molecule has 2 fully saturated rings. The Kier molecular flexibility index (Phi) is 5.20. The largest absolute Gasteiger partial charge is 0.360 e. The monoisotopic (exact) mass is 423 g/mol. The third-order valence-corrected chi connectivity index (χ3v) is 7.61. The third kappa shape index (κ3) is 3.68. The van der Waals surface area contributed by atoms with Gasteiger partial charge in [0.2, 0.25) is 0 Å². The van der Waals surface area contributed by atoms with E-state index in [0.717, 1.165) is 0 Å². The molecule has 28 heavy (non-hydrogen) atoms. The Bertz CT molecular complexity index is 996. The Hall–Kier alpha value is -1.90. The zero-order valence-corrected chi connectivity index (χ0v) is 17.2. The molecular formula is C19H22ClN3O4S. The van der Waals surface area contributed by atoms with Crippen LogP contribution in [0.4, 0.5) is 0 Å². The van der Waals surface area contributed by atoms with E-state index in [9.17, 15) is 13.2 Å². The van der Waals surface area contributed by atoms with Crippen molar-refractivity contribution in [3.8, 4) is 11.3 Å². The molecule has 0 aliphatic carbocycles. The molecule has 7 nitrogen and oxygen atoms in total. The Morgan fingerprint density at radius 1 is 1.21 bits per heavy atom. The second-order valence-corrected chi connectivity index (χ2v) is 9.96. The van der Waals surface area contributed by atoms with E-state index in [0.29, 0.717) is 60.2 Å². The lowest BCUT2D eigenvalue weighted by Gasteiger charge is -2.37. The van der Waals surface area contributed by atoms with Crippen LogP contribution in [0.3, 0.4) is 0 Å². The zero-order valence-electron chi connectivity index (χ0n) is 15.6. The molecule has 1 aromatic carbocycles. The van der Waals surface area contributed by atoms with E-state index in [1.807, 2.05) is 18.2 Å². The van der Waals surface area contributed by atoms with E-state index >= 15 is 0 Å². The molecule has 0 saturated carbocycles. The number of hydrogen-bond donors (Lipinski definition) is 0. The summed E-state index contributed by atoms with van der Waals surface area (Å²) >= 11 is 6.28. The molecule has 2 aromatic rings. The number of aryl methyl sites for hydroxylation is 1. The van der Waals surface area contributed by atoms with Crippen LogP contribution in [-0.2, 0) is 9.84 Å². The van der Waals surface area contributed by atoms with Crippen LogP contribution in [0, 0.1) is 6.92 Å². The standard InChI is InChI=1S/C19H22ClN3O4S/c1-13-17(18(21-27-13)15-4-2-3-5-16(15)20)19(24)23-9-7-22(8-10-23)14-6-11-28(25,26)12-14/h2-5,14H,6-12H2,1H3/t14-/m0/s1. The van der Waals surface area contributed by atoms with Gasteiger partial charge < -0.3 is 9.42 Å². The average molecular weight is 424 g/mol. The minimum Gasteiger partial charge on any atom is -0.360 e. The predicted molar refractivity (Wildman–Crippen MR) is 106 cm³/mol. The highest BCUT2D eigenvalue weighted by molar-refractivity contribution is 7.91. The van der Waals surface area contributed by atoms with Crippen LogP contribution in [-0.4, -0.2) is 73.0 Å². The van der Waals surface area contributed by atoms with Crippen molar-refractivity contribution < 1.29 is 17.7 Å². The first kappa shape index (κ1) is 19.4. The van der Waals surface area contributed by atoms with Crippen LogP contribution in [0.5, 0.6) is 0 Å². The maximum Gasteiger partial charge on any atom is 0.259 e. The van der Waals surface area contributed by atoms with Gasteiger partial charge in [0.15, 0.2) is 9.84 Å². The smallest absolute Gasteiger partial charge is 0.259 e. The first-order valence-electron chi connectivity index (χ1n) is 9.30. The van der Waals surface area contributed by atoms with Crippen LogP contribution in [0.25, 0.3) is 11.3 Å². The van der Waals surface area contributed by atoms with Crippen molar-refractivity contribution in [2.45, 2.75) is 19.4 Å². The van der Waals surface area contributed by atoms with Crippen LogP contribution >= 0.6 is 11.6 Å². The molecule has 0 bridgehead atoms. The summed E-state index contributed by atoms with van der Waals surface area (Å²) in [5.41, 5.74) is 1.56. The minimum atomic E-state index is -2.91. The maximum absolute atomic E-state index is 13.2. The van der Waals surface area contributed by atoms with Gasteiger partial charge >= 0.3 is 0 Å². The fourth-order valence-corrected chi connectivity index (χ4v) is 5.96. The first-order chi connectivity index (χ1) is 13.4. The molecule has 1 atom stereocenters. The Morgan fingerprint density at radius 3 is 2.57 bits per heavy atom. The number of piperazine rings is 1. The molecule has 1 aromatic heterocycles. The van der Waals surface area contributed by atoms with Gasteiger partial charge in [-0.15, -0.1) is 0 Å². The average Bonchev–Trinajstić information content (AvgIpc) is 3.24. The van der Waals surface area contributed by atoms with Gasteiger partial charge in [-0.05, 0) is 19.4 Å². The number of hydrogen-bond acceptors (Lipinski definition) is 6. The number of rotatable bonds is 3. The number of sulfone groups is 1. The van der Waals surface area contributed by atoms with E-state index in [4.69, 9.17) is 16.1 Å². The van der Waals surface area contributed by atoms with Gasteiger partial charge in [0.25, 0.3) is 5.91 Å². The van der Waals surface area contributed by atoms with Gasteiger partial charge in [-0.1, -0.05) is 35.0 Å². The number of nitrogens with zero attached hydrogens (tertiary/aromatic N) is 3. The van der Waals surface area contributed by atoms with Gasteiger partial charge in [-0.3, -0.25) is 9.69 Å². The fourth-order valence-electron chi connectivity index (χ4n) is 3.97. The van der Waals surface area contributed by atoms with Crippen molar-refractivity contribution in [2.75, 3.05) is 37.7 Å². The van der Waals surface area contributed by atoms with Crippen LogP contribution in [0.2, 0.25) is 5.02 Å². The molecule has 4 rings (SSSR count). The number of carbonyl (C=O) groups is 1. The number of aromatic nitrogens is 1. The molecule has 0 spiro atoms. The molecule has 0 unspecified atom stereocenters. The summed E-state index contributed by atoms with van der Waals surface area (Å²) in [6.45, 7) is 4.14. The third-order valence-electron chi connectivity index (χ3n) is 5.53. The van der Waals surface area contributed by atoms with Gasteiger partial charge in [-0.2, -0.15) is 0 Å². The zero-order chi connectivity index (χ0) is 19.9. The molecule has 1 amide bonds. The second-order valence-electron chi connectivity index (χ2n) is 7.33. The first-order valence-corrected chi connectivity index (χ1v) is 11.5. The molecule has 9 heteroatoms. The number of amides is 1. The number of carbonyl (C=O) groups excluding carboxylic acids is 1.